The third-order valence-corrected chi connectivity index (χ3v) is 3.93. The van der Waals surface area contributed by atoms with Crippen molar-refractivity contribution in [2.45, 2.75) is 26.7 Å². The monoisotopic (exact) mass is 344 g/mol. The number of nitrogens with one attached hydrogen (secondary N) is 1. The summed E-state index contributed by atoms with van der Waals surface area (Å²) in [5.74, 6) is -0.0834. The number of ether oxygens (including phenoxy) is 2. The van der Waals surface area contributed by atoms with E-state index in [2.05, 4.69) is 10.3 Å². The number of rotatable bonds is 5. The summed E-state index contributed by atoms with van der Waals surface area (Å²) in [5.41, 5.74) is 0.968. The van der Waals surface area contributed by atoms with Crippen LogP contribution in [0.5, 0.6) is 5.75 Å². The Morgan fingerprint density at radius 2 is 2.12 bits per heavy atom. The quantitative estimate of drug-likeness (QED) is 0.839. The second-order valence-electron chi connectivity index (χ2n) is 5.67. The molecule has 0 spiro atoms. The zero-order chi connectivity index (χ0) is 17.8. The lowest BCUT2D eigenvalue weighted by Gasteiger charge is -2.24. The van der Waals surface area contributed by atoms with Crippen LogP contribution in [0.2, 0.25) is 0 Å². The van der Waals surface area contributed by atoms with Gasteiger partial charge in [-0.25, -0.2) is 9.78 Å². The lowest BCUT2D eigenvalue weighted by molar-refractivity contribution is -0.121. The van der Waals surface area contributed by atoms with E-state index in [9.17, 15) is 9.59 Å². The Labute approximate surface area is 145 Å². The largest absolute Gasteiger partial charge is 0.492 e. The van der Waals surface area contributed by atoms with Crippen molar-refractivity contribution in [3.8, 4) is 5.75 Å². The van der Waals surface area contributed by atoms with Crippen molar-refractivity contribution in [3.63, 3.8) is 0 Å². The summed E-state index contributed by atoms with van der Waals surface area (Å²) in [6, 6.07) is 7.62. The van der Waals surface area contributed by atoms with Crippen LogP contribution in [0.1, 0.15) is 35.8 Å². The fraction of sp³-hybridized carbons (Fsp3) is 0.389. The van der Waals surface area contributed by atoms with Crippen molar-refractivity contribution in [1.29, 1.82) is 0 Å². The number of esters is 1. The van der Waals surface area contributed by atoms with E-state index in [0.29, 0.717) is 18.7 Å². The predicted octanol–water partition coefficient (Wildman–Crippen LogP) is 2.60. The van der Waals surface area contributed by atoms with Crippen molar-refractivity contribution < 1.29 is 23.5 Å². The molecule has 0 aliphatic carbocycles. The first-order valence-electron chi connectivity index (χ1n) is 8.30. The molecule has 3 rings (SSSR count). The van der Waals surface area contributed by atoms with Crippen LogP contribution in [0, 0.1) is 5.92 Å². The molecular formula is C18H20N2O5. The molecule has 7 heteroatoms. The molecule has 132 valence electrons. The number of para-hydroxylation sites is 1. The van der Waals surface area contributed by atoms with Crippen LogP contribution in [0.4, 0.5) is 5.88 Å². The maximum absolute atomic E-state index is 12.6. The SMILES string of the molecule is CCOC(=O)c1nc(CC)oc1NC(=O)C1COc2ccccc2C1. The summed E-state index contributed by atoms with van der Waals surface area (Å²) >= 11 is 0. The van der Waals surface area contributed by atoms with Crippen molar-refractivity contribution in [3.05, 3.63) is 41.4 Å². The van der Waals surface area contributed by atoms with E-state index in [4.69, 9.17) is 13.9 Å². The zero-order valence-corrected chi connectivity index (χ0v) is 14.2. The van der Waals surface area contributed by atoms with Gasteiger partial charge in [0.15, 0.2) is 5.89 Å². The second kappa shape index (κ2) is 7.38. The third kappa shape index (κ3) is 3.65. The molecule has 2 aromatic rings. The minimum atomic E-state index is -0.619. The number of carbonyl (C=O) groups excluding carboxylic acids is 2. The fourth-order valence-electron chi connectivity index (χ4n) is 2.65. The summed E-state index contributed by atoms with van der Waals surface area (Å²) in [6.07, 6.45) is 1.06. The first kappa shape index (κ1) is 17.0. The molecule has 0 saturated heterocycles. The molecule has 1 aliphatic heterocycles. The summed E-state index contributed by atoms with van der Waals surface area (Å²) < 4.78 is 16.1. The van der Waals surface area contributed by atoms with Gasteiger partial charge in [-0.3, -0.25) is 10.1 Å². The maximum atomic E-state index is 12.6. The van der Waals surface area contributed by atoms with Gasteiger partial charge >= 0.3 is 5.97 Å². The van der Waals surface area contributed by atoms with Gasteiger partial charge in [0, 0.05) is 6.42 Å². The average Bonchev–Trinajstić information content (AvgIpc) is 3.04. The molecule has 1 atom stereocenters. The summed E-state index contributed by atoms with van der Waals surface area (Å²) in [7, 11) is 0. The van der Waals surface area contributed by atoms with Gasteiger partial charge in [0.2, 0.25) is 17.5 Å². The highest BCUT2D eigenvalue weighted by Crippen LogP contribution is 2.28. The summed E-state index contributed by atoms with van der Waals surface area (Å²) in [5, 5.41) is 2.66. The number of anilines is 1. The molecule has 1 unspecified atom stereocenters. The lowest BCUT2D eigenvalue weighted by atomic mass is 9.96. The fourth-order valence-corrected chi connectivity index (χ4v) is 2.65. The number of amides is 1. The van der Waals surface area contributed by atoms with Gasteiger partial charge in [0.1, 0.15) is 12.4 Å². The number of aryl methyl sites for hydroxylation is 1. The highest BCUT2D eigenvalue weighted by molar-refractivity contribution is 5.99. The highest BCUT2D eigenvalue weighted by atomic mass is 16.5. The highest BCUT2D eigenvalue weighted by Gasteiger charge is 2.29. The molecular weight excluding hydrogens is 324 g/mol. The van der Waals surface area contributed by atoms with E-state index in [1.807, 2.05) is 31.2 Å². The van der Waals surface area contributed by atoms with Crippen LogP contribution in [0.25, 0.3) is 0 Å². The molecule has 1 amide bonds. The Balaban J connectivity index is 1.75. The van der Waals surface area contributed by atoms with Crippen LogP contribution in [0.3, 0.4) is 0 Å². The van der Waals surface area contributed by atoms with Crippen molar-refractivity contribution in [2.24, 2.45) is 5.92 Å². The molecule has 25 heavy (non-hydrogen) atoms. The van der Waals surface area contributed by atoms with Gasteiger partial charge in [-0.2, -0.15) is 0 Å². The minimum absolute atomic E-state index is 0.0100. The summed E-state index contributed by atoms with van der Waals surface area (Å²) in [4.78, 5) is 28.7. The number of aromatic nitrogens is 1. The van der Waals surface area contributed by atoms with Gasteiger partial charge in [0.05, 0.1) is 12.5 Å². The van der Waals surface area contributed by atoms with E-state index < -0.39 is 5.97 Å². The number of oxazole rings is 1. The van der Waals surface area contributed by atoms with E-state index in [-0.39, 0.29) is 36.6 Å². The number of nitrogens with zero attached hydrogens (tertiary/aromatic N) is 1. The van der Waals surface area contributed by atoms with Gasteiger partial charge in [-0.05, 0) is 25.0 Å². The van der Waals surface area contributed by atoms with Gasteiger partial charge in [-0.1, -0.05) is 25.1 Å². The molecule has 1 aromatic carbocycles. The van der Waals surface area contributed by atoms with E-state index in [1.165, 1.54) is 0 Å². The van der Waals surface area contributed by atoms with Crippen LogP contribution in [-0.4, -0.2) is 30.1 Å². The Kier molecular flexibility index (Phi) is 5.02. The van der Waals surface area contributed by atoms with Crippen LogP contribution >= 0.6 is 0 Å². The second-order valence-corrected chi connectivity index (χ2v) is 5.67. The number of hydrogen-bond acceptors (Lipinski definition) is 6. The molecule has 1 aliphatic rings. The zero-order valence-electron chi connectivity index (χ0n) is 14.2. The Bertz CT molecular complexity index is 784. The molecule has 7 nitrogen and oxygen atoms in total. The van der Waals surface area contributed by atoms with Crippen LogP contribution in [0.15, 0.2) is 28.7 Å². The normalized spacial score (nSPS) is 15.8. The smallest absolute Gasteiger partial charge is 0.362 e. The standard InChI is InChI=1S/C18H20N2O5/c1-3-14-19-15(18(22)23-4-2)17(25-14)20-16(21)12-9-11-7-5-6-8-13(11)24-10-12/h5-8,12H,3-4,9-10H2,1-2H3,(H,20,21). The van der Waals surface area contributed by atoms with Gasteiger partial charge in [-0.15, -0.1) is 0 Å². The molecule has 0 saturated carbocycles. The Morgan fingerprint density at radius 3 is 2.88 bits per heavy atom. The maximum Gasteiger partial charge on any atom is 0.362 e. The molecule has 1 N–H and O–H groups in total. The van der Waals surface area contributed by atoms with Gasteiger partial charge in [0.25, 0.3) is 0 Å². The van der Waals surface area contributed by atoms with E-state index in [1.54, 1.807) is 6.92 Å². The molecule has 0 radical (unpaired) electrons. The van der Waals surface area contributed by atoms with Crippen molar-refractivity contribution in [2.75, 3.05) is 18.5 Å². The van der Waals surface area contributed by atoms with E-state index in [0.717, 1.165) is 11.3 Å². The number of carbonyl (C=O) groups is 2. The number of benzene rings is 1. The topological polar surface area (TPSA) is 90.7 Å². The summed E-state index contributed by atoms with van der Waals surface area (Å²) in [6.45, 7) is 4.03. The lowest BCUT2D eigenvalue weighted by Crippen LogP contribution is -2.32. The average molecular weight is 344 g/mol. The molecule has 1 aromatic heterocycles. The van der Waals surface area contributed by atoms with Crippen LogP contribution in [-0.2, 0) is 22.4 Å². The third-order valence-electron chi connectivity index (χ3n) is 3.93. The Hall–Kier alpha value is -2.83. The molecule has 0 bridgehead atoms. The van der Waals surface area contributed by atoms with Crippen molar-refractivity contribution >= 4 is 17.8 Å². The van der Waals surface area contributed by atoms with Gasteiger partial charge < -0.3 is 13.9 Å². The van der Waals surface area contributed by atoms with Crippen LogP contribution < -0.4 is 10.1 Å². The minimum Gasteiger partial charge on any atom is -0.492 e. The number of fused-ring (bicyclic) bond motifs is 1. The first-order valence-corrected chi connectivity index (χ1v) is 8.30. The Morgan fingerprint density at radius 1 is 1.32 bits per heavy atom. The number of hydrogen-bond donors (Lipinski definition) is 1. The first-order chi connectivity index (χ1) is 12.1. The predicted molar refractivity (Wildman–Crippen MR) is 89.6 cm³/mol. The van der Waals surface area contributed by atoms with Crippen molar-refractivity contribution in [1.82, 2.24) is 4.98 Å². The molecule has 2 heterocycles. The molecule has 0 fully saturated rings. The van der Waals surface area contributed by atoms with E-state index >= 15 is 0 Å².